The summed E-state index contributed by atoms with van der Waals surface area (Å²) in [5.41, 5.74) is -0.823. The second-order valence-electron chi connectivity index (χ2n) is 6.74. The summed E-state index contributed by atoms with van der Waals surface area (Å²) in [5.74, 6) is -0.305. The molecule has 1 aliphatic rings. The Labute approximate surface area is 155 Å². The van der Waals surface area contributed by atoms with Crippen LogP contribution in [0.3, 0.4) is 0 Å². The molecule has 2 aromatic rings. The molecule has 1 aliphatic heterocycles. The zero-order chi connectivity index (χ0) is 19.8. The van der Waals surface area contributed by atoms with E-state index in [0.29, 0.717) is 0 Å². The van der Waals surface area contributed by atoms with Gasteiger partial charge in [-0.05, 0) is 26.0 Å². The monoisotopic (exact) mass is 394 g/mol. The Hall–Kier alpha value is -2.86. The molecular weight excluding hydrogens is 376 g/mol. The molecule has 3 rings (SSSR count). The van der Waals surface area contributed by atoms with Crippen molar-refractivity contribution in [3.63, 3.8) is 0 Å². The lowest BCUT2D eigenvalue weighted by atomic mass is 10.0. The molecule has 0 bridgehead atoms. The Morgan fingerprint density at radius 3 is 2.44 bits per heavy atom. The van der Waals surface area contributed by atoms with E-state index < -0.39 is 20.5 Å². The van der Waals surface area contributed by atoms with Crippen molar-refractivity contribution in [2.75, 3.05) is 19.6 Å². The third-order valence-corrected chi connectivity index (χ3v) is 6.52. The van der Waals surface area contributed by atoms with Crippen molar-refractivity contribution in [3.8, 4) is 0 Å². The minimum absolute atomic E-state index is 0.0290. The summed E-state index contributed by atoms with van der Waals surface area (Å²) in [6, 6.07) is 4.75. The van der Waals surface area contributed by atoms with Gasteiger partial charge in [0.15, 0.2) is 0 Å². The fraction of sp³-hybridized carbons (Fsp3) is 0.400. The minimum atomic E-state index is -3.87. The third-order valence-electron chi connectivity index (χ3n) is 4.39. The molecule has 1 amide bonds. The van der Waals surface area contributed by atoms with Gasteiger partial charge in [-0.1, -0.05) is 5.21 Å². The SMILES string of the molecule is CC1(C)CN(C(=O)c2cnn[nH]2)CCN1S(=O)(=O)c1ccc([N+](=O)[O-])cc1. The van der Waals surface area contributed by atoms with Gasteiger partial charge in [0.1, 0.15) is 5.69 Å². The highest BCUT2D eigenvalue weighted by atomic mass is 32.2. The van der Waals surface area contributed by atoms with Gasteiger partial charge in [0.2, 0.25) is 10.0 Å². The predicted molar refractivity (Wildman–Crippen MR) is 93.4 cm³/mol. The van der Waals surface area contributed by atoms with Crippen LogP contribution in [0.5, 0.6) is 0 Å². The number of rotatable bonds is 4. The molecule has 1 N–H and O–H groups in total. The topological polar surface area (TPSA) is 142 Å². The van der Waals surface area contributed by atoms with Gasteiger partial charge in [-0.2, -0.15) is 4.31 Å². The maximum absolute atomic E-state index is 13.0. The molecule has 0 saturated carbocycles. The Kier molecular flexibility index (Phi) is 4.70. The number of carbonyl (C=O) groups is 1. The van der Waals surface area contributed by atoms with Crippen molar-refractivity contribution in [2.45, 2.75) is 24.3 Å². The molecule has 12 heteroatoms. The molecular formula is C15H18N6O5S. The van der Waals surface area contributed by atoms with Gasteiger partial charge in [0.25, 0.3) is 11.6 Å². The Morgan fingerprint density at radius 2 is 1.93 bits per heavy atom. The Morgan fingerprint density at radius 1 is 1.26 bits per heavy atom. The number of nitro benzene ring substituents is 1. The molecule has 0 radical (unpaired) electrons. The van der Waals surface area contributed by atoms with Crippen LogP contribution in [0.15, 0.2) is 35.4 Å². The molecule has 0 spiro atoms. The van der Waals surface area contributed by atoms with Crippen molar-refractivity contribution in [3.05, 3.63) is 46.3 Å². The third kappa shape index (κ3) is 3.53. The van der Waals surface area contributed by atoms with E-state index in [4.69, 9.17) is 0 Å². The molecule has 1 saturated heterocycles. The molecule has 1 fully saturated rings. The van der Waals surface area contributed by atoms with Gasteiger partial charge in [-0.25, -0.2) is 8.42 Å². The van der Waals surface area contributed by atoms with E-state index in [0.717, 1.165) is 12.1 Å². The van der Waals surface area contributed by atoms with Crippen LogP contribution in [0.4, 0.5) is 5.69 Å². The average Bonchev–Trinajstić information content (AvgIpc) is 3.14. The first-order chi connectivity index (χ1) is 12.6. The lowest BCUT2D eigenvalue weighted by Crippen LogP contribution is -2.61. The molecule has 0 aliphatic carbocycles. The fourth-order valence-electron chi connectivity index (χ4n) is 3.10. The molecule has 144 valence electrons. The van der Waals surface area contributed by atoms with Crippen LogP contribution in [0.1, 0.15) is 24.3 Å². The Balaban J connectivity index is 1.83. The number of nitrogens with one attached hydrogen (secondary N) is 1. The van der Waals surface area contributed by atoms with Crippen molar-refractivity contribution in [1.82, 2.24) is 24.6 Å². The molecule has 11 nitrogen and oxygen atoms in total. The second kappa shape index (κ2) is 6.70. The molecule has 1 aromatic heterocycles. The number of non-ortho nitro benzene ring substituents is 1. The zero-order valence-electron chi connectivity index (χ0n) is 14.7. The van der Waals surface area contributed by atoms with Crippen molar-refractivity contribution in [1.29, 1.82) is 0 Å². The molecule has 1 aromatic carbocycles. The summed E-state index contributed by atoms with van der Waals surface area (Å²) in [4.78, 5) is 24.1. The van der Waals surface area contributed by atoms with Gasteiger partial charge in [0, 0.05) is 37.3 Å². The van der Waals surface area contributed by atoms with Crippen molar-refractivity contribution < 1.29 is 18.1 Å². The van der Waals surface area contributed by atoms with Crippen LogP contribution in [0.25, 0.3) is 0 Å². The summed E-state index contributed by atoms with van der Waals surface area (Å²) in [7, 11) is -3.87. The lowest BCUT2D eigenvalue weighted by molar-refractivity contribution is -0.384. The summed E-state index contributed by atoms with van der Waals surface area (Å²) in [5, 5.41) is 20.4. The van der Waals surface area contributed by atoms with E-state index in [9.17, 15) is 23.3 Å². The minimum Gasteiger partial charge on any atom is -0.334 e. The van der Waals surface area contributed by atoms with Crippen LogP contribution >= 0.6 is 0 Å². The zero-order valence-corrected chi connectivity index (χ0v) is 15.5. The van der Waals surface area contributed by atoms with E-state index in [1.807, 2.05) is 0 Å². The predicted octanol–water partition coefficient (Wildman–Crippen LogP) is 0.638. The van der Waals surface area contributed by atoms with E-state index in [2.05, 4.69) is 15.4 Å². The second-order valence-corrected chi connectivity index (χ2v) is 8.60. The highest BCUT2D eigenvalue weighted by Gasteiger charge is 2.43. The number of benzene rings is 1. The number of piperazine rings is 1. The number of aromatic nitrogens is 3. The maximum atomic E-state index is 13.0. The number of sulfonamides is 1. The van der Waals surface area contributed by atoms with Gasteiger partial charge in [0.05, 0.1) is 16.0 Å². The van der Waals surface area contributed by atoms with E-state index in [-0.39, 0.29) is 41.8 Å². The quantitative estimate of drug-likeness (QED) is 0.592. The summed E-state index contributed by atoms with van der Waals surface area (Å²) in [6.07, 6.45) is 1.31. The van der Waals surface area contributed by atoms with E-state index in [1.165, 1.54) is 27.5 Å². The number of nitro groups is 1. The summed E-state index contributed by atoms with van der Waals surface area (Å²) < 4.78 is 27.3. The van der Waals surface area contributed by atoms with Crippen LogP contribution in [0, 0.1) is 10.1 Å². The number of hydrogen-bond acceptors (Lipinski definition) is 7. The first-order valence-electron chi connectivity index (χ1n) is 8.05. The lowest BCUT2D eigenvalue weighted by Gasteiger charge is -2.45. The van der Waals surface area contributed by atoms with Crippen LogP contribution < -0.4 is 0 Å². The molecule has 0 atom stereocenters. The number of amides is 1. The van der Waals surface area contributed by atoms with Crippen LogP contribution in [-0.4, -0.2) is 69.0 Å². The van der Waals surface area contributed by atoms with Crippen molar-refractivity contribution >= 4 is 21.6 Å². The van der Waals surface area contributed by atoms with Gasteiger partial charge in [-0.3, -0.25) is 20.0 Å². The molecule has 0 unspecified atom stereocenters. The van der Waals surface area contributed by atoms with Crippen molar-refractivity contribution in [2.24, 2.45) is 0 Å². The number of H-pyrrole nitrogens is 1. The fourth-order valence-corrected chi connectivity index (χ4v) is 4.86. The van der Waals surface area contributed by atoms with Crippen LogP contribution in [0.2, 0.25) is 0 Å². The largest absolute Gasteiger partial charge is 0.334 e. The van der Waals surface area contributed by atoms with Gasteiger partial charge < -0.3 is 4.90 Å². The summed E-state index contributed by atoms with van der Waals surface area (Å²) >= 11 is 0. The molecule has 2 heterocycles. The average molecular weight is 394 g/mol. The number of hydrogen-bond donors (Lipinski definition) is 1. The highest BCUT2D eigenvalue weighted by Crippen LogP contribution is 2.29. The van der Waals surface area contributed by atoms with E-state index >= 15 is 0 Å². The smallest absolute Gasteiger partial charge is 0.273 e. The van der Waals surface area contributed by atoms with Gasteiger partial charge in [-0.15, -0.1) is 5.10 Å². The standard InChI is InChI=1S/C15H18N6O5S/c1-15(2)10-19(14(22)13-9-16-18-17-13)7-8-20(15)27(25,26)12-5-3-11(4-6-12)21(23)24/h3-6,9H,7-8,10H2,1-2H3,(H,16,17,18). The number of carbonyl (C=O) groups excluding carboxylic acids is 1. The number of nitrogens with zero attached hydrogens (tertiary/aromatic N) is 5. The number of aromatic amines is 1. The maximum Gasteiger partial charge on any atom is 0.273 e. The molecule has 27 heavy (non-hydrogen) atoms. The highest BCUT2D eigenvalue weighted by molar-refractivity contribution is 7.89. The van der Waals surface area contributed by atoms with Gasteiger partial charge >= 0.3 is 0 Å². The normalized spacial score (nSPS) is 17.6. The first kappa shape index (κ1) is 18.9. The first-order valence-corrected chi connectivity index (χ1v) is 9.49. The van der Waals surface area contributed by atoms with E-state index in [1.54, 1.807) is 13.8 Å². The Bertz CT molecular complexity index is 955. The summed E-state index contributed by atoms with van der Waals surface area (Å²) in [6.45, 7) is 3.92. The van der Waals surface area contributed by atoms with Crippen LogP contribution in [-0.2, 0) is 10.0 Å².